The number of rotatable bonds is 3. The lowest BCUT2D eigenvalue weighted by molar-refractivity contribution is -0.384. The van der Waals surface area contributed by atoms with E-state index < -0.39 is 4.92 Å². The van der Waals surface area contributed by atoms with Gasteiger partial charge in [-0.1, -0.05) is 0 Å². The van der Waals surface area contributed by atoms with Crippen LogP contribution in [0.3, 0.4) is 0 Å². The molecule has 0 unspecified atom stereocenters. The monoisotopic (exact) mass is 210 g/mol. The molecule has 1 aromatic rings. The largest absolute Gasteiger partial charge is 0.494 e. The number of nitrogens with zero attached hydrogens (tertiary/aromatic N) is 1. The zero-order valence-electron chi connectivity index (χ0n) is 8.31. The van der Waals surface area contributed by atoms with Crippen LogP contribution >= 0.6 is 0 Å². The number of methoxy groups -OCH3 is 1. The first kappa shape index (κ1) is 11.0. The summed E-state index contributed by atoms with van der Waals surface area (Å²) in [5.74, 6) is -0.204. The van der Waals surface area contributed by atoms with Crippen molar-refractivity contribution in [3.63, 3.8) is 0 Å². The molecule has 0 saturated carbocycles. The van der Waals surface area contributed by atoms with Crippen LogP contribution in [0.1, 0.15) is 17.3 Å². The molecular weight excluding hydrogens is 200 g/mol. The van der Waals surface area contributed by atoms with Crippen molar-refractivity contribution in [3.8, 4) is 5.75 Å². The molecule has 2 N–H and O–H groups in total. The molecule has 0 radical (unpaired) electrons. The Kier molecular flexibility index (Phi) is 2.89. The number of benzene rings is 1. The van der Waals surface area contributed by atoms with Gasteiger partial charge in [-0.2, -0.15) is 0 Å². The Hall–Kier alpha value is -2.11. The summed E-state index contributed by atoms with van der Waals surface area (Å²) in [6.45, 7) is 1.34. The van der Waals surface area contributed by atoms with Crippen molar-refractivity contribution < 1.29 is 14.5 Å². The number of ether oxygens (including phenoxy) is 1. The number of Topliss-reactive ketones (excluding diaryl/α,β-unsaturated/α-hetero) is 1. The molecule has 0 amide bonds. The van der Waals surface area contributed by atoms with E-state index in [0.717, 1.165) is 0 Å². The van der Waals surface area contributed by atoms with E-state index in [1.54, 1.807) is 0 Å². The van der Waals surface area contributed by atoms with Crippen molar-refractivity contribution in [2.24, 2.45) is 0 Å². The lowest BCUT2D eigenvalue weighted by Crippen LogP contribution is -2.04. The fourth-order valence-corrected chi connectivity index (χ4v) is 1.25. The SMILES string of the molecule is COc1c(C(C)=O)ccc([N+](=O)[O-])c1N. The summed E-state index contributed by atoms with van der Waals surface area (Å²) in [5, 5.41) is 10.6. The standard InChI is InChI=1S/C9H10N2O4/c1-5(12)6-3-4-7(11(13)14)8(10)9(6)15-2/h3-4H,10H2,1-2H3. The molecule has 0 spiro atoms. The van der Waals surface area contributed by atoms with Gasteiger partial charge in [0.2, 0.25) is 0 Å². The Bertz CT molecular complexity index is 428. The number of carbonyl (C=O) groups is 1. The number of nitrogen functional groups attached to an aromatic ring is 1. The number of nitrogens with two attached hydrogens (primary N) is 1. The van der Waals surface area contributed by atoms with E-state index in [9.17, 15) is 14.9 Å². The minimum atomic E-state index is -0.623. The van der Waals surface area contributed by atoms with Crippen LogP contribution < -0.4 is 10.5 Å². The first-order valence-corrected chi connectivity index (χ1v) is 4.10. The van der Waals surface area contributed by atoms with Crippen molar-refractivity contribution in [2.75, 3.05) is 12.8 Å². The number of nitro benzene ring substituents is 1. The number of hydrogen-bond acceptors (Lipinski definition) is 5. The third-order valence-electron chi connectivity index (χ3n) is 1.95. The summed E-state index contributed by atoms with van der Waals surface area (Å²) in [7, 11) is 1.31. The molecule has 0 aliphatic rings. The predicted molar refractivity (Wildman–Crippen MR) is 54.1 cm³/mol. The van der Waals surface area contributed by atoms with E-state index in [-0.39, 0.29) is 28.5 Å². The Morgan fingerprint density at radius 3 is 2.53 bits per heavy atom. The summed E-state index contributed by atoms with van der Waals surface area (Å²) >= 11 is 0. The maximum atomic E-state index is 11.2. The molecule has 1 aromatic carbocycles. The maximum Gasteiger partial charge on any atom is 0.295 e. The highest BCUT2D eigenvalue weighted by Gasteiger charge is 2.20. The maximum absolute atomic E-state index is 11.2. The molecule has 6 nitrogen and oxygen atoms in total. The van der Waals surface area contributed by atoms with Crippen molar-refractivity contribution in [1.82, 2.24) is 0 Å². The third-order valence-corrected chi connectivity index (χ3v) is 1.95. The molecule has 80 valence electrons. The molecule has 0 heterocycles. The molecule has 0 bridgehead atoms. The molecular formula is C9H10N2O4. The molecule has 15 heavy (non-hydrogen) atoms. The molecule has 0 aliphatic carbocycles. The highest BCUT2D eigenvalue weighted by molar-refractivity contribution is 5.99. The van der Waals surface area contributed by atoms with Gasteiger partial charge in [0.1, 0.15) is 0 Å². The molecule has 0 saturated heterocycles. The van der Waals surface area contributed by atoms with Crippen LogP contribution in [0.4, 0.5) is 11.4 Å². The van der Waals surface area contributed by atoms with Gasteiger partial charge in [-0.05, 0) is 13.0 Å². The van der Waals surface area contributed by atoms with Crippen LogP contribution in [0.2, 0.25) is 0 Å². The number of carbonyl (C=O) groups excluding carboxylic acids is 1. The van der Waals surface area contributed by atoms with Crippen LogP contribution in [0.15, 0.2) is 12.1 Å². The van der Waals surface area contributed by atoms with Crippen LogP contribution in [0.25, 0.3) is 0 Å². The zero-order valence-corrected chi connectivity index (χ0v) is 8.31. The average Bonchev–Trinajstić information content (AvgIpc) is 2.16. The topological polar surface area (TPSA) is 95.5 Å². The van der Waals surface area contributed by atoms with E-state index in [1.807, 2.05) is 0 Å². The van der Waals surface area contributed by atoms with Crippen LogP contribution in [-0.2, 0) is 0 Å². The summed E-state index contributed by atoms with van der Waals surface area (Å²) in [5.41, 5.74) is 5.35. The predicted octanol–water partition coefficient (Wildman–Crippen LogP) is 1.39. The summed E-state index contributed by atoms with van der Waals surface area (Å²) in [6, 6.07) is 2.52. The second-order valence-corrected chi connectivity index (χ2v) is 2.89. The Morgan fingerprint density at radius 1 is 1.53 bits per heavy atom. The van der Waals surface area contributed by atoms with E-state index in [0.29, 0.717) is 0 Å². The lowest BCUT2D eigenvalue weighted by atomic mass is 10.1. The highest BCUT2D eigenvalue weighted by Crippen LogP contribution is 2.34. The summed E-state index contributed by atoms with van der Waals surface area (Å²) in [6.07, 6.45) is 0. The van der Waals surface area contributed by atoms with Crippen molar-refractivity contribution >= 4 is 17.2 Å². The Morgan fingerprint density at radius 2 is 2.13 bits per heavy atom. The van der Waals surface area contributed by atoms with Gasteiger partial charge in [0.25, 0.3) is 5.69 Å². The lowest BCUT2D eigenvalue weighted by Gasteiger charge is -2.08. The van der Waals surface area contributed by atoms with Gasteiger partial charge in [-0.3, -0.25) is 14.9 Å². The minimum Gasteiger partial charge on any atom is -0.494 e. The second-order valence-electron chi connectivity index (χ2n) is 2.89. The number of anilines is 1. The van der Waals surface area contributed by atoms with Gasteiger partial charge >= 0.3 is 0 Å². The third kappa shape index (κ3) is 1.88. The Labute approximate surface area is 85.8 Å². The van der Waals surface area contributed by atoms with E-state index in [2.05, 4.69) is 0 Å². The fraction of sp³-hybridized carbons (Fsp3) is 0.222. The van der Waals surface area contributed by atoms with Gasteiger partial charge in [-0.15, -0.1) is 0 Å². The smallest absolute Gasteiger partial charge is 0.295 e. The fourth-order valence-electron chi connectivity index (χ4n) is 1.25. The minimum absolute atomic E-state index is 0.0525. The zero-order chi connectivity index (χ0) is 11.6. The second kappa shape index (κ2) is 3.95. The van der Waals surface area contributed by atoms with Gasteiger partial charge in [0, 0.05) is 6.07 Å². The number of hydrogen-bond donors (Lipinski definition) is 1. The van der Waals surface area contributed by atoms with Gasteiger partial charge in [0.05, 0.1) is 17.6 Å². The van der Waals surface area contributed by atoms with Crippen molar-refractivity contribution in [2.45, 2.75) is 6.92 Å². The highest BCUT2D eigenvalue weighted by atomic mass is 16.6. The summed E-state index contributed by atoms with van der Waals surface area (Å²) < 4.78 is 4.88. The van der Waals surface area contributed by atoms with Gasteiger partial charge < -0.3 is 10.5 Å². The van der Waals surface area contributed by atoms with Gasteiger partial charge in [-0.25, -0.2) is 0 Å². The first-order chi connectivity index (χ1) is 6.99. The first-order valence-electron chi connectivity index (χ1n) is 4.10. The molecule has 0 fully saturated rings. The van der Waals surface area contributed by atoms with E-state index in [1.165, 1.54) is 26.2 Å². The number of ketones is 1. The molecule has 0 atom stereocenters. The number of nitro groups is 1. The summed E-state index contributed by atoms with van der Waals surface area (Å²) in [4.78, 5) is 21.1. The molecule has 0 aliphatic heterocycles. The van der Waals surface area contributed by atoms with Crippen LogP contribution in [0, 0.1) is 10.1 Å². The van der Waals surface area contributed by atoms with E-state index in [4.69, 9.17) is 10.5 Å². The van der Waals surface area contributed by atoms with Crippen LogP contribution in [-0.4, -0.2) is 17.8 Å². The average molecular weight is 210 g/mol. The Balaban J connectivity index is 3.45. The molecule has 6 heteroatoms. The molecule has 0 aromatic heterocycles. The van der Waals surface area contributed by atoms with E-state index >= 15 is 0 Å². The molecule has 1 rings (SSSR count). The normalized spacial score (nSPS) is 9.73. The van der Waals surface area contributed by atoms with Gasteiger partial charge in [0.15, 0.2) is 17.2 Å². The van der Waals surface area contributed by atoms with Crippen LogP contribution in [0.5, 0.6) is 5.75 Å². The van der Waals surface area contributed by atoms with Crippen molar-refractivity contribution in [3.05, 3.63) is 27.8 Å². The quantitative estimate of drug-likeness (QED) is 0.352. The van der Waals surface area contributed by atoms with Crippen molar-refractivity contribution in [1.29, 1.82) is 0 Å².